The Balaban J connectivity index is 2.43. The van der Waals surface area contributed by atoms with Crippen molar-refractivity contribution in [2.75, 3.05) is 18.9 Å². The second kappa shape index (κ2) is 5.62. The van der Waals surface area contributed by atoms with Crippen LogP contribution in [0.1, 0.15) is 25.0 Å². The second-order valence-electron chi connectivity index (χ2n) is 3.26. The molecule has 14 heavy (non-hydrogen) atoms. The molecule has 0 saturated heterocycles. The van der Waals surface area contributed by atoms with E-state index in [1.165, 1.54) is 0 Å². The van der Waals surface area contributed by atoms with Gasteiger partial charge in [-0.05, 0) is 24.1 Å². The van der Waals surface area contributed by atoms with E-state index in [9.17, 15) is 5.11 Å². The molecule has 78 valence electrons. The van der Waals surface area contributed by atoms with E-state index in [4.69, 9.17) is 10.5 Å². The smallest absolute Gasteiger partial charge is 0.102 e. The van der Waals surface area contributed by atoms with Gasteiger partial charge < -0.3 is 15.6 Å². The predicted molar refractivity (Wildman–Crippen MR) is 56.9 cm³/mol. The zero-order chi connectivity index (χ0) is 10.4. The van der Waals surface area contributed by atoms with Crippen molar-refractivity contribution in [3.8, 4) is 0 Å². The number of aliphatic hydroxyl groups is 1. The van der Waals surface area contributed by atoms with E-state index >= 15 is 0 Å². The van der Waals surface area contributed by atoms with Crippen LogP contribution in [-0.2, 0) is 4.74 Å². The van der Waals surface area contributed by atoms with Crippen LogP contribution in [0.2, 0.25) is 0 Å². The molecule has 0 spiro atoms. The van der Waals surface area contributed by atoms with Crippen LogP contribution in [0.4, 0.5) is 5.69 Å². The quantitative estimate of drug-likeness (QED) is 0.555. The zero-order valence-corrected chi connectivity index (χ0v) is 8.44. The molecule has 0 amide bonds. The zero-order valence-electron chi connectivity index (χ0n) is 8.44. The van der Waals surface area contributed by atoms with Crippen LogP contribution in [0.25, 0.3) is 0 Å². The van der Waals surface area contributed by atoms with Crippen molar-refractivity contribution in [1.29, 1.82) is 0 Å². The third kappa shape index (κ3) is 3.36. The molecule has 3 heteroatoms. The summed E-state index contributed by atoms with van der Waals surface area (Å²) in [5.74, 6) is 0. The fourth-order valence-corrected chi connectivity index (χ4v) is 1.15. The summed E-state index contributed by atoms with van der Waals surface area (Å²) in [5.41, 5.74) is 7.08. The van der Waals surface area contributed by atoms with Crippen LogP contribution in [0, 0.1) is 0 Å². The van der Waals surface area contributed by atoms with E-state index in [0.29, 0.717) is 18.9 Å². The predicted octanol–water partition coefficient (Wildman–Crippen LogP) is 1.73. The molecule has 0 saturated carbocycles. The van der Waals surface area contributed by atoms with Gasteiger partial charge in [-0.3, -0.25) is 0 Å². The lowest BCUT2D eigenvalue weighted by atomic mass is 10.1. The molecule has 0 bridgehead atoms. The van der Waals surface area contributed by atoms with Crippen LogP contribution < -0.4 is 5.73 Å². The highest BCUT2D eigenvalue weighted by atomic mass is 16.5. The van der Waals surface area contributed by atoms with Gasteiger partial charge in [0.2, 0.25) is 0 Å². The molecule has 1 aromatic rings. The van der Waals surface area contributed by atoms with Crippen molar-refractivity contribution in [2.24, 2.45) is 0 Å². The monoisotopic (exact) mass is 195 g/mol. The summed E-state index contributed by atoms with van der Waals surface area (Å²) in [5, 5.41) is 9.67. The number of ether oxygens (including phenoxy) is 1. The maximum absolute atomic E-state index is 9.67. The summed E-state index contributed by atoms with van der Waals surface area (Å²) < 4.78 is 5.25. The van der Waals surface area contributed by atoms with Gasteiger partial charge in [0.05, 0.1) is 6.61 Å². The standard InChI is InChI=1S/C11H17NO2/c1-2-7-14-8-11(13)9-3-5-10(12)6-4-9/h3-6,11,13H,2,7-8,12H2,1H3. The van der Waals surface area contributed by atoms with Gasteiger partial charge in [0, 0.05) is 12.3 Å². The Morgan fingerprint density at radius 1 is 1.36 bits per heavy atom. The third-order valence-electron chi connectivity index (χ3n) is 1.95. The first-order valence-corrected chi connectivity index (χ1v) is 4.85. The summed E-state index contributed by atoms with van der Waals surface area (Å²) in [6.45, 7) is 3.07. The molecule has 1 unspecified atom stereocenters. The van der Waals surface area contributed by atoms with Crippen molar-refractivity contribution < 1.29 is 9.84 Å². The third-order valence-corrected chi connectivity index (χ3v) is 1.95. The first-order chi connectivity index (χ1) is 6.74. The Labute approximate surface area is 84.5 Å². The Kier molecular flexibility index (Phi) is 4.43. The number of benzene rings is 1. The average Bonchev–Trinajstić information content (AvgIpc) is 2.19. The van der Waals surface area contributed by atoms with E-state index in [0.717, 1.165) is 12.0 Å². The van der Waals surface area contributed by atoms with Gasteiger partial charge in [-0.15, -0.1) is 0 Å². The van der Waals surface area contributed by atoms with Crippen molar-refractivity contribution in [2.45, 2.75) is 19.4 Å². The van der Waals surface area contributed by atoms with E-state index in [1.54, 1.807) is 12.1 Å². The Morgan fingerprint density at radius 2 is 2.00 bits per heavy atom. The molecule has 0 aromatic heterocycles. The van der Waals surface area contributed by atoms with E-state index < -0.39 is 6.10 Å². The van der Waals surface area contributed by atoms with Crippen molar-refractivity contribution >= 4 is 5.69 Å². The minimum Gasteiger partial charge on any atom is -0.399 e. The molecule has 0 fully saturated rings. The van der Waals surface area contributed by atoms with Crippen LogP contribution >= 0.6 is 0 Å². The van der Waals surface area contributed by atoms with Crippen molar-refractivity contribution in [1.82, 2.24) is 0 Å². The average molecular weight is 195 g/mol. The summed E-state index contributed by atoms with van der Waals surface area (Å²) in [4.78, 5) is 0. The van der Waals surface area contributed by atoms with Gasteiger partial charge in [0.25, 0.3) is 0 Å². The maximum atomic E-state index is 9.67. The van der Waals surface area contributed by atoms with Crippen LogP contribution in [0.15, 0.2) is 24.3 Å². The highest BCUT2D eigenvalue weighted by Crippen LogP contribution is 2.14. The molecule has 3 N–H and O–H groups in total. The molecular weight excluding hydrogens is 178 g/mol. The molecular formula is C11H17NO2. The van der Waals surface area contributed by atoms with Gasteiger partial charge in [0.15, 0.2) is 0 Å². The lowest BCUT2D eigenvalue weighted by Gasteiger charge is -2.11. The van der Waals surface area contributed by atoms with E-state index in [-0.39, 0.29) is 0 Å². The van der Waals surface area contributed by atoms with Gasteiger partial charge in [-0.1, -0.05) is 19.1 Å². The maximum Gasteiger partial charge on any atom is 0.102 e. The second-order valence-corrected chi connectivity index (χ2v) is 3.26. The Bertz CT molecular complexity index is 258. The molecule has 1 atom stereocenters. The van der Waals surface area contributed by atoms with Crippen molar-refractivity contribution in [3.05, 3.63) is 29.8 Å². The molecule has 0 aliphatic rings. The van der Waals surface area contributed by atoms with Crippen LogP contribution in [0.3, 0.4) is 0 Å². The highest BCUT2D eigenvalue weighted by molar-refractivity contribution is 5.39. The van der Waals surface area contributed by atoms with E-state index in [2.05, 4.69) is 0 Å². The lowest BCUT2D eigenvalue weighted by molar-refractivity contribution is 0.0364. The largest absolute Gasteiger partial charge is 0.399 e. The molecule has 1 aromatic carbocycles. The number of nitrogen functional groups attached to an aromatic ring is 1. The minimum atomic E-state index is -0.554. The van der Waals surface area contributed by atoms with E-state index in [1.807, 2.05) is 19.1 Å². The van der Waals surface area contributed by atoms with Gasteiger partial charge in [-0.25, -0.2) is 0 Å². The number of nitrogens with two attached hydrogens (primary N) is 1. The van der Waals surface area contributed by atoms with Crippen LogP contribution in [0.5, 0.6) is 0 Å². The first kappa shape index (κ1) is 11.0. The molecule has 1 rings (SSSR count). The number of anilines is 1. The number of aliphatic hydroxyl groups excluding tert-OH is 1. The van der Waals surface area contributed by atoms with Gasteiger partial charge in [-0.2, -0.15) is 0 Å². The fraction of sp³-hybridized carbons (Fsp3) is 0.455. The summed E-state index contributed by atoms with van der Waals surface area (Å²) in [6.07, 6.45) is 0.413. The van der Waals surface area contributed by atoms with Crippen LogP contribution in [-0.4, -0.2) is 18.3 Å². The molecule has 0 radical (unpaired) electrons. The minimum absolute atomic E-state index is 0.345. The Hall–Kier alpha value is -1.06. The lowest BCUT2D eigenvalue weighted by Crippen LogP contribution is -2.07. The SMILES string of the molecule is CCCOCC(O)c1ccc(N)cc1. The molecule has 0 heterocycles. The summed E-state index contributed by atoms with van der Waals surface area (Å²) in [7, 11) is 0. The van der Waals surface area contributed by atoms with Gasteiger partial charge >= 0.3 is 0 Å². The number of rotatable bonds is 5. The summed E-state index contributed by atoms with van der Waals surface area (Å²) in [6, 6.07) is 7.18. The molecule has 0 aliphatic carbocycles. The number of hydrogen-bond acceptors (Lipinski definition) is 3. The molecule has 0 aliphatic heterocycles. The van der Waals surface area contributed by atoms with Gasteiger partial charge in [0.1, 0.15) is 6.10 Å². The fourth-order valence-electron chi connectivity index (χ4n) is 1.15. The Morgan fingerprint density at radius 3 is 2.57 bits per heavy atom. The topological polar surface area (TPSA) is 55.5 Å². The molecule has 3 nitrogen and oxygen atoms in total. The summed E-state index contributed by atoms with van der Waals surface area (Å²) >= 11 is 0. The van der Waals surface area contributed by atoms with Crippen molar-refractivity contribution in [3.63, 3.8) is 0 Å². The normalized spacial score (nSPS) is 12.7. The number of hydrogen-bond donors (Lipinski definition) is 2. The first-order valence-electron chi connectivity index (χ1n) is 4.85. The highest BCUT2D eigenvalue weighted by Gasteiger charge is 2.06.